The highest BCUT2D eigenvalue weighted by atomic mass is 35.5. The van der Waals surface area contributed by atoms with Crippen molar-refractivity contribution >= 4 is 29.1 Å². The number of benzene rings is 1. The Hall–Kier alpha value is -2.12. The number of anilines is 3. The smallest absolute Gasteiger partial charge is 0.247 e. The van der Waals surface area contributed by atoms with Crippen molar-refractivity contribution < 1.29 is 4.74 Å². The molecule has 0 bridgehead atoms. The average molecular weight is 361 g/mol. The van der Waals surface area contributed by atoms with E-state index >= 15 is 0 Å². The highest BCUT2D eigenvalue weighted by Crippen LogP contribution is 2.22. The average Bonchev–Trinajstić information content (AvgIpc) is 2.69. The monoisotopic (exact) mass is 360 g/mol. The summed E-state index contributed by atoms with van der Waals surface area (Å²) in [7, 11) is 0. The lowest BCUT2D eigenvalue weighted by Gasteiger charge is -2.36. The number of ether oxygens (including phenoxy) is 1. The number of aromatic nitrogens is 3. The fourth-order valence-electron chi connectivity index (χ4n) is 3.20. The number of piperazine rings is 1. The molecule has 0 spiro atoms. The molecule has 2 aliphatic heterocycles. The van der Waals surface area contributed by atoms with Crippen molar-refractivity contribution in [3.8, 4) is 0 Å². The van der Waals surface area contributed by atoms with E-state index in [1.807, 2.05) is 18.2 Å². The fourth-order valence-corrected chi connectivity index (χ4v) is 3.39. The Balaban J connectivity index is 1.42. The number of hydrogen-bond donors (Lipinski definition) is 0. The van der Waals surface area contributed by atoms with Crippen LogP contribution in [0.25, 0.3) is 0 Å². The number of morpholine rings is 1. The minimum Gasteiger partial charge on any atom is -0.378 e. The number of halogens is 1. The van der Waals surface area contributed by atoms with E-state index in [9.17, 15) is 0 Å². The SMILES string of the molecule is Clc1cccc(N2CCN(c3nncc(N4CCOCC4)n3)CC2)c1. The van der Waals surface area contributed by atoms with Crippen LogP contribution in [0.15, 0.2) is 30.5 Å². The molecule has 0 saturated carbocycles. The van der Waals surface area contributed by atoms with Gasteiger partial charge in [0.05, 0.1) is 19.4 Å². The summed E-state index contributed by atoms with van der Waals surface area (Å²) in [5.41, 5.74) is 1.16. The van der Waals surface area contributed by atoms with Crippen LogP contribution in [0.1, 0.15) is 0 Å². The first-order valence-electron chi connectivity index (χ1n) is 8.57. The second-order valence-electron chi connectivity index (χ2n) is 6.17. The van der Waals surface area contributed by atoms with Gasteiger partial charge in [-0.3, -0.25) is 0 Å². The Labute approximate surface area is 152 Å². The molecule has 3 heterocycles. The lowest BCUT2D eigenvalue weighted by molar-refractivity contribution is 0.122. The van der Waals surface area contributed by atoms with Gasteiger partial charge in [-0.15, -0.1) is 5.10 Å². The zero-order valence-corrected chi connectivity index (χ0v) is 14.8. The van der Waals surface area contributed by atoms with Gasteiger partial charge in [-0.1, -0.05) is 17.7 Å². The Morgan fingerprint density at radius 2 is 1.68 bits per heavy atom. The Bertz CT molecular complexity index is 716. The van der Waals surface area contributed by atoms with E-state index in [1.165, 1.54) is 0 Å². The van der Waals surface area contributed by atoms with Gasteiger partial charge in [-0.05, 0) is 18.2 Å². The quantitative estimate of drug-likeness (QED) is 0.825. The van der Waals surface area contributed by atoms with Gasteiger partial charge in [0.1, 0.15) is 0 Å². The normalized spacial score (nSPS) is 18.5. The van der Waals surface area contributed by atoms with Crippen LogP contribution in [-0.2, 0) is 4.74 Å². The molecule has 1 aromatic carbocycles. The van der Waals surface area contributed by atoms with Crippen LogP contribution < -0.4 is 14.7 Å². The summed E-state index contributed by atoms with van der Waals surface area (Å²) in [5, 5.41) is 9.16. The third-order valence-corrected chi connectivity index (χ3v) is 4.84. The van der Waals surface area contributed by atoms with Gasteiger partial charge in [-0.25, -0.2) is 0 Å². The first-order valence-corrected chi connectivity index (χ1v) is 8.95. The predicted molar refractivity (Wildman–Crippen MR) is 98.7 cm³/mol. The molecular formula is C17H21ClN6O. The first-order chi connectivity index (χ1) is 12.3. The summed E-state index contributed by atoms with van der Waals surface area (Å²) in [6.45, 7) is 6.70. The minimum atomic E-state index is 0.703. The zero-order valence-electron chi connectivity index (χ0n) is 14.0. The van der Waals surface area contributed by atoms with E-state index in [-0.39, 0.29) is 0 Å². The van der Waals surface area contributed by atoms with Crippen LogP contribution in [0, 0.1) is 0 Å². The maximum absolute atomic E-state index is 6.10. The van der Waals surface area contributed by atoms with Crippen LogP contribution in [0.2, 0.25) is 5.02 Å². The molecular weight excluding hydrogens is 340 g/mol. The second kappa shape index (κ2) is 7.41. The predicted octanol–water partition coefficient (Wildman–Crippen LogP) is 1.69. The largest absolute Gasteiger partial charge is 0.378 e. The van der Waals surface area contributed by atoms with E-state index in [0.29, 0.717) is 5.95 Å². The lowest BCUT2D eigenvalue weighted by atomic mass is 10.2. The van der Waals surface area contributed by atoms with E-state index in [1.54, 1.807) is 6.20 Å². The summed E-state index contributed by atoms with van der Waals surface area (Å²) < 4.78 is 5.40. The summed E-state index contributed by atoms with van der Waals surface area (Å²) in [4.78, 5) is 11.4. The van der Waals surface area contributed by atoms with Crippen molar-refractivity contribution in [3.63, 3.8) is 0 Å². The summed E-state index contributed by atoms with van der Waals surface area (Å²) in [5.74, 6) is 1.58. The minimum absolute atomic E-state index is 0.703. The van der Waals surface area contributed by atoms with Gasteiger partial charge in [0.2, 0.25) is 5.95 Å². The molecule has 0 unspecified atom stereocenters. The molecule has 2 aromatic rings. The van der Waals surface area contributed by atoms with Gasteiger partial charge in [0.15, 0.2) is 5.82 Å². The van der Waals surface area contributed by atoms with Crippen molar-refractivity contribution in [2.24, 2.45) is 0 Å². The third-order valence-electron chi connectivity index (χ3n) is 4.61. The molecule has 8 heteroatoms. The highest BCUT2D eigenvalue weighted by molar-refractivity contribution is 6.30. The van der Waals surface area contributed by atoms with Crippen molar-refractivity contribution in [2.45, 2.75) is 0 Å². The van der Waals surface area contributed by atoms with Crippen LogP contribution in [0.4, 0.5) is 17.5 Å². The van der Waals surface area contributed by atoms with Gasteiger partial charge >= 0.3 is 0 Å². The molecule has 2 aliphatic rings. The summed E-state index contributed by atoms with van der Waals surface area (Å²) >= 11 is 6.10. The van der Waals surface area contributed by atoms with Gasteiger partial charge in [0.25, 0.3) is 0 Å². The molecule has 0 N–H and O–H groups in total. The van der Waals surface area contributed by atoms with Crippen LogP contribution in [0.5, 0.6) is 0 Å². The molecule has 2 fully saturated rings. The molecule has 0 amide bonds. The fraction of sp³-hybridized carbons (Fsp3) is 0.471. The van der Waals surface area contributed by atoms with Crippen molar-refractivity contribution in [1.29, 1.82) is 0 Å². The molecule has 132 valence electrons. The lowest BCUT2D eigenvalue weighted by Crippen LogP contribution is -2.47. The zero-order chi connectivity index (χ0) is 17.1. The van der Waals surface area contributed by atoms with Gasteiger partial charge in [-0.2, -0.15) is 10.1 Å². The molecule has 25 heavy (non-hydrogen) atoms. The highest BCUT2D eigenvalue weighted by Gasteiger charge is 2.21. The molecule has 2 saturated heterocycles. The van der Waals surface area contributed by atoms with E-state index in [4.69, 9.17) is 21.3 Å². The number of hydrogen-bond acceptors (Lipinski definition) is 7. The van der Waals surface area contributed by atoms with E-state index < -0.39 is 0 Å². The second-order valence-corrected chi connectivity index (χ2v) is 6.60. The Morgan fingerprint density at radius 3 is 2.44 bits per heavy atom. The maximum Gasteiger partial charge on any atom is 0.247 e. The van der Waals surface area contributed by atoms with E-state index in [2.05, 4.69) is 31.0 Å². The number of rotatable bonds is 3. The van der Waals surface area contributed by atoms with Gasteiger partial charge < -0.3 is 19.4 Å². The summed E-state index contributed by atoms with van der Waals surface area (Å²) in [6, 6.07) is 7.99. The van der Waals surface area contributed by atoms with Crippen molar-refractivity contribution in [3.05, 3.63) is 35.5 Å². The molecule has 0 atom stereocenters. The van der Waals surface area contributed by atoms with E-state index in [0.717, 1.165) is 69.0 Å². The van der Waals surface area contributed by atoms with Crippen molar-refractivity contribution in [2.75, 3.05) is 67.2 Å². The first kappa shape index (κ1) is 16.4. The Morgan fingerprint density at radius 1 is 0.920 bits per heavy atom. The van der Waals surface area contributed by atoms with Gasteiger partial charge in [0, 0.05) is 50.0 Å². The standard InChI is InChI=1S/C17H21ClN6O/c18-14-2-1-3-15(12-14)22-4-6-24(7-5-22)17-20-16(13-19-21-17)23-8-10-25-11-9-23/h1-3,12-13H,4-11H2. The maximum atomic E-state index is 6.10. The third kappa shape index (κ3) is 3.77. The molecule has 7 nitrogen and oxygen atoms in total. The Kier molecular flexibility index (Phi) is 4.85. The molecule has 0 radical (unpaired) electrons. The summed E-state index contributed by atoms with van der Waals surface area (Å²) in [6.07, 6.45) is 1.73. The van der Waals surface area contributed by atoms with Crippen molar-refractivity contribution in [1.82, 2.24) is 15.2 Å². The molecule has 1 aromatic heterocycles. The van der Waals surface area contributed by atoms with Crippen LogP contribution >= 0.6 is 11.6 Å². The molecule has 4 rings (SSSR count). The topological polar surface area (TPSA) is 57.6 Å². The molecule has 0 aliphatic carbocycles. The van der Waals surface area contributed by atoms with Crippen LogP contribution in [-0.4, -0.2) is 67.7 Å². The number of nitrogens with zero attached hydrogens (tertiary/aromatic N) is 6. The van der Waals surface area contributed by atoms with Crippen LogP contribution in [0.3, 0.4) is 0 Å².